The molecule has 4 heteroatoms. The van der Waals surface area contributed by atoms with Gasteiger partial charge in [-0.2, -0.15) is 0 Å². The van der Waals surface area contributed by atoms with Crippen LogP contribution in [0.4, 0.5) is 0 Å². The summed E-state index contributed by atoms with van der Waals surface area (Å²) in [6.45, 7) is 2.15. The molecule has 1 aliphatic rings. The molecular weight excluding hydrogens is 224 g/mol. The van der Waals surface area contributed by atoms with Gasteiger partial charge < -0.3 is 10.2 Å². The van der Waals surface area contributed by atoms with Crippen molar-refractivity contribution >= 4 is 28.4 Å². The lowest BCUT2D eigenvalue weighted by Gasteiger charge is -2.28. The quantitative estimate of drug-likeness (QED) is 0.483. The average Bonchev–Trinajstić information content (AvgIpc) is 2.74. The third-order valence-electron chi connectivity index (χ3n) is 2.42. The van der Waals surface area contributed by atoms with Gasteiger partial charge in [-0.05, 0) is 23.9 Å². The molecule has 0 aliphatic carbocycles. The number of hydrogen-bond donors (Lipinski definition) is 1. The number of nitrogens with zero attached hydrogens (tertiary/aromatic N) is 1. The molecule has 0 radical (unpaired) electrons. The maximum Gasteiger partial charge on any atom is 0.102 e. The van der Waals surface area contributed by atoms with Crippen LogP contribution in [0, 0.1) is 0 Å². The van der Waals surface area contributed by atoms with Gasteiger partial charge in [-0.3, -0.25) is 0 Å². The first-order valence-corrected chi connectivity index (χ1v) is 6.31. The Morgan fingerprint density at radius 1 is 1.67 bits per heavy atom. The number of thiophene rings is 1. The van der Waals surface area contributed by atoms with Crippen molar-refractivity contribution in [2.75, 3.05) is 20.1 Å². The molecule has 2 rings (SSSR count). The number of nitrogens with one attached hydrogen (secondary N) is 1. The lowest BCUT2D eigenvalue weighted by molar-refractivity contribution is 0.335. The summed E-state index contributed by atoms with van der Waals surface area (Å²) in [5.74, 6) is 1.14. The van der Waals surface area contributed by atoms with Gasteiger partial charge in [0, 0.05) is 25.0 Å². The molecule has 0 bridgehead atoms. The highest BCUT2D eigenvalue weighted by atomic mass is 32.1. The van der Waals surface area contributed by atoms with E-state index in [0.29, 0.717) is 0 Å². The third-order valence-corrected chi connectivity index (χ3v) is 3.79. The van der Waals surface area contributed by atoms with Crippen molar-refractivity contribution in [3.8, 4) is 0 Å². The molecule has 0 aromatic carbocycles. The van der Waals surface area contributed by atoms with E-state index in [1.165, 1.54) is 11.3 Å². The van der Waals surface area contributed by atoms with Crippen LogP contribution < -0.4 is 5.32 Å². The van der Waals surface area contributed by atoms with E-state index in [-0.39, 0.29) is 0 Å². The smallest absolute Gasteiger partial charge is 0.102 e. The molecule has 0 amide bonds. The van der Waals surface area contributed by atoms with Crippen molar-refractivity contribution in [3.63, 3.8) is 0 Å². The van der Waals surface area contributed by atoms with E-state index in [4.69, 9.17) is 12.2 Å². The molecule has 1 saturated heterocycles. The maximum atomic E-state index is 5.38. The Morgan fingerprint density at radius 3 is 3.20 bits per heavy atom. The van der Waals surface area contributed by atoms with E-state index in [0.717, 1.165) is 23.8 Å². The normalized spacial score (nSPS) is 19.0. The van der Waals surface area contributed by atoms with Gasteiger partial charge in [0.05, 0.1) is 4.86 Å². The summed E-state index contributed by atoms with van der Waals surface area (Å²) in [5, 5.41) is 5.42. The summed E-state index contributed by atoms with van der Waals surface area (Å²) in [7, 11) is 2.09. The van der Waals surface area contributed by atoms with Crippen molar-refractivity contribution in [2.24, 2.45) is 0 Å². The summed E-state index contributed by atoms with van der Waals surface area (Å²) in [4.78, 5) is 4.29. The first-order valence-electron chi connectivity index (χ1n) is 5.02. The Bertz CT molecular complexity index is 368. The van der Waals surface area contributed by atoms with Gasteiger partial charge in [0.2, 0.25) is 0 Å². The molecular formula is C11H14N2S2. The maximum absolute atomic E-state index is 5.38. The number of hydrogen-bond acceptors (Lipinski definition) is 4. The van der Waals surface area contributed by atoms with Crippen LogP contribution in [0.3, 0.4) is 0 Å². The fourth-order valence-electron chi connectivity index (χ4n) is 1.56. The second-order valence-electron chi connectivity index (χ2n) is 3.57. The van der Waals surface area contributed by atoms with Crippen LogP contribution in [0.1, 0.15) is 11.3 Å². The Kier molecular flexibility index (Phi) is 3.38. The van der Waals surface area contributed by atoms with Crippen molar-refractivity contribution in [3.05, 3.63) is 34.3 Å². The molecule has 80 valence electrons. The highest BCUT2D eigenvalue weighted by molar-refractivity contribution is 7.81. The molecule has 0 spiro atoms. The second-order valence-corrected chi connectivity index (χ2v) is 4.96. The fourth-order valence-corrected chi connectivity index (χ4v) is 2.52. The van der Waals surface area contributed by atoms with Gasteiger partial charge in [0.1, 0.15) is 5.82 Å². The summed E-state index contributed by atoms with van der Waals surface area (Å²) in [6, 6.07) is 4.09. The van der Waals surface area contributed by atoms with Crippen LogP contribution in [0.5, 0.6) is 0 Å². The fraction of sp³-hybridized carbons (Fsp3) is 0.364. The molecule has 0 saturated carbocycles. The van der Waals surface area contributed by atoms with E-state index in [9.17, 15) is 0 Å². The monoisotopic (exact) mass is 238 g/mol. The molecule has 1 fully saturated rings. The van der Waals surface area contributed by atoms with E-state index in [1.807, 2.05) is 6.07 Å². The molecule has 0 unspecified atom stereocenters. The average molecular weight is 238 g/mol. The lowest BCUT2D eigenvalue weighted by atomic mass is 10.2. The molecule has 1 N–H and O–H groups in total. The van der Waals surface area contributed by atoms with E-state index < -0.39 is 0 Å². The highest BCUT2D eigenvalue weighted by Crippen LogP contribution is 2.13. The van der Waals surface area contributed by atoms with Crippen LogP contribution in [0.2, 0.25) is 0 Å². The zero-order chi connectivity index (χ0) is 10.7. The summed E-state index contributed by atoms with van der Waals surface area (Å²) >= 11 is 7.06. The van der Waals surface area contributed by atoms with Crippen LogP contribution in [0.15, 0.2) is 29.4 Å². The van der Waals surface area contributed by atoms with E-state index in [1.54, 1.807) is 11.3 Å². The molecule has 1 aromatic heterocycles. The van der Waals surface area contributed by atoms with Gasteiger partial charge in [-0.15, -0.1) is 11.3 Å². The first kappa shape index (κ1) is 10.6. The first-order chi connectivity index (χ1) is 7.27. The van der Waals surface area contributed by atoms with E-state index >= 15 is 0 Å². The minimum absolute atomic E-state index is 0.918. The highest BCUT2D eigenvalue weighted by Gasteiger charge is 2.10. The number of allylic oxidation sites excluding steroid dienone is 1. The zero-order valence-electron chi connectivity index (χ0n) is 8.69. The van der Waals surface area contributed by atoms with Crippen LogP contribution in [-0.4, -0.2) is 29.9 Å². The summed E-state index contributed by atoms with van der Waals surface area (Å²) < 4.78 is 0. The number of rotatable bonds is 2. The van der Waals surface area contributed by atoms with Gasteiger partial charge in [-0.1, -0.05) is 18.3 Å². The Labute approximate surface area is 99.6 Å². The predicted molar refractivity (Wildman–Crippen MR) is 69.4 cm³/mol. The lowest BCUT2D eigenvalue weighted by Crippen LogP contribution is -2.37. The number of thiocarbonyl (C=S) groups is 1. The van der Waals surface area contributed by atoms with Crippen molar-refractivity contribution in [2.45, 2.75) is 6.42 Å². The van der Waals surface area contributed by atoms with Crippen molar-refractivity contribution < 1.29 is 0 Å². The van der Waals surface area contributed by atoms with Crippen LogP contribution in [0.25, 0.3) is 0 Å². The second kappa shape index (κ2) is 4.77. The molecule has 1 aliphatic heterocycles. The molecule has 15 heavy (non-hydrogen) atoms. The Morgan fingerprint density at radius 2 is 2.53 bits per heavy atom. The summed E-state index contributed by atoms with van der Waals surface area (Å²) in [6.07, 6.45) is 3.25. The predicted octanol–water partition coefficient (Wildman–Crippen LogP) is 2.23. The zero-order valence-corrected chi connectivity index (χ0v) is 10.3. The van der Waals surface area contributed by atoms with E-state index in [2.05, 4.69) is 34.8 Å². The molecule has 1 aromatic rings. The SMILES string of the molecule is CN1CCCNC1=CC(=S)c1cccs1. The van der Waals surface area contributed by atoms with Gasteiger partial charge in [0.25, 0.3) is 0 Å². The molecule has 0 atom stereocenters. The van der Waals surface area contributed by atoms with Gasteiger partial charge in [-0.25, -0.2) is 0 Å². The Hall–Kier alpha value is -0.870. The van der Waals surface area contributed by atoms with Gasteiger partial charge >= 0.3 is 0 Å². The summed E-state index contributed by atoms with van der Waals surface area (Å²) in [5.41, 5.74) is 0. The minimum atomic E-state index is 0.918. The minimum Gasteiger partial charge on any atom is -0.372 e. The van der Waals surface area contributed by atoms with Crippen molar-refractivity contribution in [1.82, 2.24) is 10.2 Å². The van der Waals surface area contributed by atoms with Crippen LogP contribution in [-0.2, 0) is 0 Å². The van der Waals surface area contributed by atoms with Gasteiger partial charge in [0.15, 0.2) is 0 Å². The molecule has 2 heterocycles. The molecule has 2 nitrogen and oxygen atoms in total. The standard InChI is InChI=1S/C11H14N2S2/c1-13-6-3-5-12-11(13)8-9(14)10-4-2-7-15-10/h2,4,7-8,12H,3,5-6H2,1H3. The van der Waals surface area contributed by atoms with Crippen molar-refractivity contribution in [1.29, 1.82) is 0 Å². The topological polar surface area (TPSA) is 15.3 Å². The third kappa shape index (κ3) is 2.58. The largest absolute Gasteiger partial charge is 0.372 e. The van der Waals surface area contributed by atoms with Crippen LogP contribution >= 0.6 is 23.6 Å². The Balaban J connectivity index is 2.12.